The minimum Gasteiger partial charge on any atom is -0.378 e. The third-order valence-electron chi connectivity index (χ3n) is 3.48. The average molecular weight is 309 g/mol. The van der Waals surface area contributed by atoms with Crippen LogP contribution in [0, 0.1) is 0 Å². The SMILES string of the molecule is FC(F)(F)c1ccc(-c2cnc(N3CCOCC3)nc2)cc1. The van der Waals surface area contributed by atoms with Crippen molar-refractivity contribution >= 4 is 5.95 Å². The Morgan fingerprint density at radius 2 is 1.50 bits per heavy atom. The Kier molecular flexibility index (Phi) is 3.98. The molecule has 1 fully saturated rings. The molecule has 1 aliphatic rings. The zero-order valence-corrected chi connectivity index (χ0v) is 11.7. The lowest BCUT2D eigenvalue weighted by Crippen LogP contribution is -2.37. The summed E-state index contributed by atoms with van der Waals surface area (Å²) in [5.74, 6) is 0.610. The van der Waals surface area contributed by atoms with Crippen molar-refractivity contribution in [2.45, 2.75) is 6.18 Å². The van der Waals surface area contributed by atoms with Gasteiger partial charge in [0.05, 0.1) is 18.8 Å². The minimum absolute atomic E-state index is 0.610. The first-order chi connectivity index (χ1) is 10.5. The van der Waals surface area contributed by atoms with Crippen LogP contribution in [-0.2, 0) is 10.9 Å². The second kappa shape index (κ2) is 5.92. The van der Waals surface area contributed by atoms with E-state index in [4.69, 9.17) is 4.74 Å². The second-order valence-electron chi connectivity index (χ2n) is 4.95. The van der Waals surface area contributed by atoms with Gasteiger partial charge in [0.2, 0.25) is 5.95 Å². The van der Waals surface area contributed by atoms with E-state index in [9.17, 15) is 13.2 Å². The van der Waals surface area contributed by atoms with Crippen LogP contribution in [0.3, 0.4) is 0 Å². The maximum atomic E-state index is 12.5. The molecular weight excluding hydrogens is 295 g/mol. The highest BCUT2D eigenvalue weighted by Crippen LogP contribution is 2.30. The molecule has 3 rings (SSSR count). The van der Waals surface area contributed by atoms with E-state index >= 15 is 0 Å². The molecule has 0 N–H and O–H groups in total. The molecule has 1 aromatic carbocycles. The first-order valence-corrected chi connectivity index (χ1v) is 6.86. The number of aromatic nitrogens is 2. The smallest absolute Gasteiger partial charge is 0.378 e. The fourth-order valence-electron chi connectivity index (χ4n) is 2.25. The number of hydrogen-bond acceptors (Lipinski definition) is 4. The van der Waals surface area contributed by atoms with Gasteiger partial charge in [0, 0.05) is 31.0 Å². The Morgan fingerprint density at radius 3 is 2.05 bits per heavy atom. The van der Waals surface area contributed by atoms with Gasteiger partial charge >= 0.3 is 6.18 Å². The van der Waals surface area contributed by atoms with Crippen LogP contribution in [0.2, 0.25) is 0 Å². The third kappa shape index (κ3) is 3.19. The van der Waals surface area contributed by atoms with Gasteiger partial charge in [-0.1, -0.05) is 12.1 Å². The highest BCUT2D eigenvalue weighted by molar-refractivity contribution is 5.62. The van der Waals surface area contributed by atoms with Crippen LogP contribution in [0.25, 0.3) is 11.1 Å². The molecule has 7 heteroatoms. The predicted octanol–water partition coefficient (Wildman–Crippen LogP) is 3.00. The summed E-state index contributed by atoms with van der Waals surface area (Å²) in [4.78, 5) is 10.6. The normalized spacial score (nSPS) is 15.9. The first kappa shape index (κ1) is 14.8. The van der Waals surface area contributed by atoms with Gasteiger partial charge in [0.25, 0.3) is 0 Å². The standard InChI is InChI=1S/C15H14F3N3O/c16-15(17,18)13-3-1-11(2-4-13)12-9-19-14(20-10-12)21-5-7-22-8-6-21/h1-4,9-10H,5-8H2. The zero-order chi connectivity index (χ0) is 15.6. The van der Waals surface area contributed by atoms with Gasteiger partial charge in [-0.25, -0.2) is 9.97 Å². The predicted molar refractivity (Wildman–Crippen MR) is 75.5 cm³/mol. The van der Waals surface area contributed by atoms with Crippen molar-refractivity contribution in [2.24, 2.45) is 0 Å². The number of ether oxygens (including phenoxy) is 1. The molecule has 0 spiro atoms. The molecule has 0 unspecified atom stereocenters. The summed E-state index contributed by atoms with van der Waals surface area (Å²) in [6.07, 6.45) is -1.07. The van der Waals surface area contributed by atoms with Crippen LogP contribution in [-0.4, -0.2) is 36.3 Å². The number of alkyl halides is 3. The summed E-state index contributed by atoms with van der Waals surface area (Å²) >= 11 is 0. The first-order valence-electron chi connectivity index (χ1n) is 6.86. The fraction of sp³-hybridized carbons (Fsp3) is 0.333. The molecule has 0 aliphatic carbocycles. The Morgan fingerprint density at radius 1 is 0.909 bits per heavy atom. The molecule has 1 aliphatic heterocycles. The molecule has 22 heavy (non-hydrogen) atoms. The number of hydrogen-bond donors (Lipinski definition) is 0. The molecular formula is C15H14F3N3O. The van der Waals surface area contributed by atoms with Crippen LogP contribution < -0.4 is 4.90 Å². The van der Waals surface area contributed by atoms with E-state index in [1.807, 2.05) is 4.90 Å². The van der Waals surface area contributed by atoms with E-state index in [2.05, 4.69) is 9.97 Å². The van der Waals surface area contributed by atoms with E-state index in [-0.39, 0.29) is 0 Å². The van der Waals surface area contributed by atoms with E-state index in [1.165, 1.54) is 12.1 Å². The number of benzene rings is 1. The third-order valence-corrected chi connectivity index (χ3v) is 3.48. The van der Waals surface area contributed by atoms with Gasteiger partial charge in [-0.2, -0.15) is 13.2 Å². The van der Waals surface area contributed by atoms with E-state index in [0.29, 0.717) is 30.3 Å². The fourth-order valence-corrected chi connectivity index (χ4v) is 2.25. The van der Waals surface area contributed by atoms with E-state index in [1.54, 1.807) is 12.4 Å². The number of halogens is 3. The molecule has 0 atom stereocenters. The van der Waals surface area contributed by atoms with Crippen molar-refractivity contribution in [1.29, 1.82) is 0 Å². The summed E-state index contributed by atoms with van der Waals surface area (Å²) in [6.45, 7) is 2.76. The Hall–Kier alpha value is -2.15. The lowest BCUT2D eigenvalue weighted by molar-refractivity contribution is -0.137. The van der Waals surface area contributed by atoms with E-state index < -0.39 is 11.7 Å². The molecule has 1 saturated heterocycles. The van der Waals surface area contributed by atoms with Crippen molar-refractivity contribution in [3.8, 4) is 11.1 Å². The van der Waals surface area contributed by atoms with Crippen LogP contribution in [0.4, 0.5) is 19.1 Å². The van der Waals surface area contributed by atoms with Crippen molar-refractivity contribution in [3.63, 3.8) is 0 Å². The summed E-state index contributed by atoms with van der Waals surface area (Å²) in [6, 6.07) is 4.97. The molecule has 2 heterocycles. The van der Waals surface area contributed by atoms with Gasteiger partial charge in [-0.3, -0.25) is 0 Å². The van der Waals surface area contributed by atoms with Crippen LogP contribution in [0.5, 0.6) is 0 Å². The number of morpholine rings is 1. The Balaban J connectivity index is 1.77. The summed E-state index contributed by atoms with van der Waals surface area (Å²) < 4.78 is 42.9. The zero-order valence-electron chi connectivity index (χ0n) is 11.7. The summed E-state index contributed by atoms with van der Waals surface area (Å²) in [5, 5.41) is 0. The molecule has 0 amide bonds. The minimum atomic E-state index is -4.32. The molecule has 0 bridgehead atoms. The van der Waals surface area contributed by atoms with Crippen LogP contribution in [0.15, 0.2) is 36.7 Å². The average Bonchev–Trinajstić information content (AvgIpc) is 2.55. The monoisotopic (exact) mass is 309 g/mol. The van der Waals surface area contributed by atoms with Gasteiger partial charge in [-0.15, -0.1) is 0 Å². The molecule has 116 valence electrons. The lowest BCUT2D eigenvalue weighted by Gasteiger charge is -2.26. The highest BCUT2D eigenvalue weighted by atomic mass is 19.4. The molecule has 0 radical (unpaired) electrons. The van der Waals surface area contributed by atoms with Crippen LogP contribution in [0.1, 0.15) is 5.56 Å². The van der Waals surface area contributed by atoms with Crippen molar-refractivity contribution in [3.05, 3.63) is 42.2 Å². The maximum absolute atomic E-state index is 12.5. The van der Waals surface area contributed by atoms with E-state index in [0.717, 1.165) is 25.2 Å². The number of anilines is 1. The van der Waals surface area contributed by atoms with Gasteiger partial charge in [-0.05, 0) is 17.7 Å². The van der Waals surface area contributed by atoms with Crippen molar-refractivity contribution < 1.29 is 17.9 Å². The van der Waals surface area contributed by atoms with Gasteiger partial charge in [0.15, 0.2) is 0 Å². The van der Waals surface area contributed by atoms with Crippen molar-refractivity contribution in [1.82, 2.24) is 9.97 Å². The summed E-state index contributed by atoms with van der Waals surface area (Å²) in [5.41, 5.74) is 0.675. The largest absolute Gasteiger partial charge is 0.416 e. The number of nitrogens with zero attached hydrogens (tertiary/aromatic N) is 3. The number of rotatable bonds is 2. The quantitative estimate of drug-likeness (QED) is 0.855. The van der Waals surface area contributed by atoms with Gasteiger partial charge < -0.3 is 9.64 Å². The topological polar surface area (TPSA) is 38.2 Å². The molecule has 0 saturated carbocycles. The van der Waals surface area contributed by atoms with Gasteiger partial charge in [0.1, 0.15) is 0 Å². The lowest BCUT2D eigenvalue weighted by atomic mass is 10.1. The maximum Gasteiger partial charge on any atom is 0.416 e. The Labute approximate surface area is 125 Å². The second-order valence-corrected chi connectivity index (χ2v) is 4.95. The Bertz CT molecular complexity index is 620. The molecule has 1 aromatic heterocycles. The highest BCUT2D eigenvalue weighted by Gasteiger charge is 2.30. The summed E-state index contributed by atoms with van der Waals surface area (Å²) in [7, 11) is 0. The van der Waals surface area contributed by atoms with Crippen molar-refractivity contribution in [2.75, 3.05) is 31.2 Å². The van der Waals surface area contributed by atoms with Crippen LogP contribution >= 0.6 is 0 Å². The molecule has 2 aromatic rings. The molecule has 4 nitrogen and oxygen atoms in total.